The standard InChI is InChI=1S/C17H26N2O6/c1-16(2,3)23-14(21)18(15(22)24-17(4,5)6)13(20)19-11-8-12(25-19)10-7-9(10)11/h9-12H,7-8H2,1-6H3/t9-,10+,11-,12+/m1/s1. The summed E-state index contributed by atoms with van der Waals surface area (Å²) in [4.78, 5) is 43.9. The fraction of sp³-hybridized carbons (Fsp3) is 0.824. The van der Waals surface area contributed by atoms with Crippen LogP contribution in [0, 0.1) is 11.8 Å². The van der Waals surface area contributed by atoms with Crippen LogP contribution in [0.25, 0.3) is 0 Å². The molecule has 0 aromatic carbocycles. The Labute approximate surface area is 147 Å². The van der Waals surface area contributed by atoms with Gasteiger partial charge in [0.25, 0.3) is 0 Å². The van der Waals surface area contributed by atoms with Crippen LogP contribution in [0.3, 0.4) is 0 Å². The van der Waals surface area contributed by atoms with E-state index >= 15 is 0 Å². The van der Waals surface area contributed by atoms with E-state index in [0.29, 0.717) is 16.7 Å². The lowest BCUT2D eigenvalue weighted by Crippen LogP contribution is -2.53. The van der Waals surface area contributed by atoms with Gasteiger partial charge in [-0.25, -0.2) is 14.4 Å². The molecule has 4 amide bonds. The minimum absolute atomic E-state index is 0.00178. The number of nitrogens with zero attached hydrogens (tertiary/aromatic N) is 2. The molecule has 0 unspecified atom stereocenters. The van der Waals surface area contributed by atoms with Gasteiger partial charge in [0.15, 0.2) is 0 Å². The van der Waals surface area contributed by atoms with E-state index in [1.54, 1.807) is 41.5 Å². The molecule has 0 aromatic heterocycles. The van der Waals surface area contributed by atoms with Gasteiger partial charge >= 0.3 is 18.2 Å². The van der Waals surface area contributed by atoms with E-state index in [-0.39, 0.29) is 12.1 Å². The zero-order valence-corrected chi connectivity index (χ0v) is 15.6. The molecule has 1 heterocycles. The third kappa shape index (κ3) is 3.58. The van der Waals surface area contributed by atoms with Gasteiger partial charge in [-0.3, -0.25) is 4.84 Å². The number of ether oxygens (including phenoxy) is 2. The molecule has 140 valence electrons. The molecule has 3 rings (SSSR count). The molecule has 2 saturated carbocycles. The summed E-state index contributed by atoms with van der Waals surface area (Å²) in [6, 6.07) is -0.934. The lowest BCUT2D eigenvalue weighted by molar-refractivity contribution is -0.154. The molecule has 2 bridgehead atoms. The molecule has 8 nitrogen and oxygen atoms in total. The number of urea groups is 1. The third-order valence-corrected chi connectivity index (χ3v) is 4.42. The van der Waals surface area contributed by atoms with Crippen molar-refractivity contribution in [1.82, 2.24) is 9.96 Å². The lowest BCUT2D eigenvalue weighted by atomic mass is 10.2. The average molecular weight is 354 g/mol. The van der Waals surface area contributed by atoms with Crippen molar-refractivity contribution in [3.05, 3.63) is 0 Å². The van der Waals surface area contributed by atoms with Gasteiger partial charge in [0.1, 0.15) is 11.2 Å². The minimum Gasteiger partial charge on any atom is -0.443 e. The van der Waals surface area contributed by atoms with E-state index < -0.39 is 29.4 Å². The van der Waals surface area contributed by atoms with Crippen molar-refractivity contribution >= 4 is 18.2 Å². The van der Waals surface area contributed by atoms with Crippen LogP contribution in [0.4, 0.5) is 14.4 Å². The second kappa shape index (κ2) is 5.59. The Hall–Kier alpha value is -1.83. The number of imide groups is 3. The number of rotatable bonds is 0. The van der Waals surface area contributed by atoms with Crippen LogP contribution in [0.5, 0.6) is 0 Å². The summed E-state index contributed by atoms with van der Waals surface area (Å²) in [7, 11) is 0. The maximum atomic E-state index is 12.9. The molecule has 4 atom stereocenters. The highest BCUT2D eigenvalue weighted by atomic mass is 16.7. The molecule has 0 aromatic rings. The Morgan fingerprint density at radius 2 is 1.44 bits per heavy atom. The van der Waals surface area contributed by atoms with Gasteiger partial charge in [-0.05, 0) is 66.2 Å². The number of fused-ring (bicyclic) bond motifs is 5. The molecule has 25 heavy (non-hydrogen) atoms. The van der Waals surface area contributed by atoms with Crippen molar-refractivity contribution in [3.63, 3.8) is 0 Å². The molecule has 2 aliphatic carbocycles. The average Bonchev–Trinajstić information content (AvgIpc) is 2.99. The van der Waals surface area contributed by atoms with Gasteiger partial charge in [-0.2, -0.15) is 5.06 Å². The maximum Gasteiger partial charge on any atom is 0.428 e. The molecular formula is C17H26N2O6. The van der Waals surface area contributed by atoms with Gasteiger partial charge in [0.2, 0.25) is 0 Å². The van der Waals surface area contributed by atoms with Crippen molar-refractivity contribution in [2.75, 3.05) is 0 Å². The maximum absolute atomic E-state index is 12.9. The van der Waals surface area contributed by atoms with Crippen molar-refractivity contribution in [2.24, 2.45) is 11.8 Å². The first-order valence-electron chi connectivity index (χ1n) is 8.63. The fourth-order valence-electron chi connectivity index (χ4n) is 3.44. The van der Waals surface area contributed by atoms with Crippen LogP contribution in [0.2, 0.25) is 0 Å². The topological polar surface area (TPSA) is 85.4 Å². The number of hydroxylamine groups is 2. The molecule has 1 aliphatic heterocycles. The number of carbonyl (C=O) groups excluding carboxylic acids is 3. The van der Waals surface area contributed by atoms with Crippen LogP contribution in [-0.4, -0.2) is 51.5 Å². The van der Waals surface area contributed by atoms with Crippen molar-refractivity contribution in [1.29, 1.82) is 0 Å². The summed E-state index contributed by atoms with van der Waals surface area (Å²) in [5, 5.41) is 1.16. The van der Waals surface area contributed by atoms with Gasteiger partial charge < -0.3 is 9.47 Å². The molecule has 0 spiro atoms. The predicted molar refractivity (Wildman–Crippen MR) is 86.4 cm³/mol. The first-order valence-corrected chi connectivity index (χ1v) is 8.63. The SMILES string of the molecule is CC(C)(C)OC(=O)N(C(=O)OC(C)(C)C)C(=O)N1O[C@H]2C[C@@H]1[C@@H]1C[C@@H]12. The Morgan fingerprint density at radius 1 is 0.920 bits per heavy atom. The molecule has 3 fully saturated rings. The normalized spacial score (nSPS) is 29.9. The second-order valence-electron chi connectivity index (χ2n) is 8.91. The Balaban J connectivity index is 1.79. The zero-order valence-electron chi connectivity index (χ0n) is 15.6. The van der Waals surface area contributed by atoms with E-state index in [2.05, 4.69) is 0 Å². The molecule has 8 heteroatoms. The first kappa shape index (κ1) is 18.0. The molecular weight excluding hydrogens is 328 g/mol. The Morgan fingerprint density at radius 3 is 1.84 bits per heavy atom. The first-order chi connectivity index (χ1) is 11.4. The van der Waals surface area contributed by atoms with Crippen LogP contribution < -0.4 is 0 Å². The van der Waals surface area contributed by atoms with Gasteiger partial charge in [-0.15, -0.1) is 4.90 Å². The monoisotopic (exact) mass is 354 g/mol. The van der Waals surface area contributed by atoms with Crippen molar-refractivity contribution < 1.29 is 28.7 Å². The Bertz CT molecular complexity index is 577. The highest BCUT2D eigenvalue weighted by Gasteiger charge is 2.64. The molecule has 3 aliphatic rings. The van der Waals surface area contributed by atoms with Gasteiger partial charge in [-0.1, -0.05) is 0 Å². The minimum atomic E-state index is -1.06. The van der Waals surface area contributed by atoms with Crippen LogP contribution >= 0.6 is 0 Å². The summed E-state index contributed by atoms with van der Waals surface area (Å²) >= 11 is 0. The summed E-state index contributed by atoms with van der Waals surface area (Å²) in [6.45, 7) is 9.95. The fourth-order valence-corrected chi connectivity index (χ4v) is 3.44. The molecule has 0 N–H and O–H groups in total. The quantitative estimate of drug-likeness (QED) is 0.663. The van der Waals surface area contributed by atoms with E-state index in [4.69, 9.17) is 14.3 Å². The van der Waals surface area contributed by atoms with Crippen LogP contribution in [0.1, 0.15) is 54.4 Å². The summed E-state index contributed by atoms with van der Waals surface area (Å²) in [5.74, 6) is 0.910. The summed E-state index contributed by atoms with van der Waals surface area (Å²) in [5.41, 5.74) is -1.71. The van der Waals surface area contributed by atoms with E-state index in [9.17, 15) is 14.4 Å². The lowest BCUT2D eigenvalue weighted by Gasteiger charge is -2.32. The predicted octanol–water partition coefficient (Wildman–Crippen LogP) is 3.30. The van der Waals surface area contributed by atoms with E-state index in [1.807, 2.05) is 0 Å². The number of hydrogen-bond donors (Lipinski definition) is 0. The third-order valence-electron chi connectivity index (χ3n) is 4.42. The van der Waals surface area contributed by atoms with E-state index in [0.717, 1.165) is 17.9 Å². The van der Waals surface area contributed by atoms with E-state index in [1.165, 1.54) is 0 Å². The van der Waals surface area contributed by atoms with Crippen molar-refractivity contribution in [3.8, 4) is 0 Å². The largest absolute Gasteiger partial charge is 0.443 e. The number of carbonyl (C=O) groups is 3. The van der Waals surface area contributed by atoms with Gasteiger partial charge in [0.05, 0.1) is 12.1 Å². The van der Waals surface area contributed by atoms with Crippen molar-refractivity contribution in [2.45, 2.75) is 77.7 Å². The zero-order chi connectivity index (χ0) is 18.7. The van der Waals surface area contributed by atoms with Gasteiger partial charge in [0, 0.05) is 0 Å². The Kier molecular flexibility index (Phi) is 4.02. The summed E-state index contributed by atoms with van der Waals surface area (Å²) < 4.78 is 10.4. The molecule has 1 saturated heterocycles. The second-order valence-corrected chi connectivity index (χ2v) is 8.91. The number of amides is 4. The smallest absolute Gasteiger partial charge is 0.428 e. The molecule has 0 radical (unpaired) electrons. The summed E-state index contributed by atoms with van der Waals surface area (Å²) in [6.07, 6.45) is -0.357. The van der Waals surface area contributed by atoms with Crippen LogP contribution in [0.15, 0.2) is 0 Å². The highest BCUT2D eigenvalue weighted by molar-refractivity contribution is 6.05. The highest BCUT2D eigenvalue weighted by Crippen LogP contribution is 2.59. The van der Waals surface area contributed by atoms with Crippen LogP contribution in [-0.2, 0) is 14.3 Å². The number of hydrogen-bond acceptors (Lipinski definition) is 6.